The van der Waals surface area contributed by atoms with Gasteiger partial charge in [-0.15, -0.1) is 0 Å². The van der Waals surface area contributed by atoms with E-state index in [-0.39, 0.29) is 11.8 Å². The lowest BCUT2D eigenvalue weighted by atomic mass is 10.0. The molecule has 0 unspecified atom stereocenters. The Bertz CT molecular complexity index is 1110. The number of nitrogens with one attached hydrogen (secondary N) is 1. The first kappa shape index (κ1) is 20.9. The Morgan fingerprint density at radius 2 is 1.84 bits per heavy atom. The molecule has 1 aliphatic rings. The van der Waals surface area contributed by atoms with Gasteiger partial charge in [0.05, 0.1) is 13.7 Å². The topological polar surface area (TPSA) is 76.5 Å². The summed E-state index contributed by atoms with van der Waals surface area (Å²) in [5, 5.41) is 8.00. The predicted molar refractivity (Wildman–Crippen MR) is 117 cm³/mol. The molecule has 1 aliphatic heterocycles. The van der Waals surface area contributed by atoms with Crippen LogP contribution in [0.2, 0.25) is 5.02 Å². The van der Waals surface area contributed by atoms with Gasteiger partial charge in [0.25, 0.3) is 11.8 Å². The van der Waals surface area contributed by atoms with Crippen LogP contribution in [0, 0.1) is 0 Å². The number of benzene rings is 2. The third kappa shape index (κ3) is 4.41. The van der Waals surface area contributed by atoms with Crippen LogP contribution in [0.1, 0.15) is 37.7 Å². The average molecular weight is 439 g/mol. The standard InChI is InChI=1S/C23H23ClN4O3/c1-27-20-11-12-28(23(30)16-5-9-18(31-2)10-6-16)14-19(20)21(26-27)22(29)25-13-15-3-7-17(24)8-4-15/h3-10H,11-14H2,1-2H3,(H,25,29). The number of rotatable bonds is 5. The molecule has 0 saturated carbocycles. The van der Waals surface area contributed by atoms with E-state index in [1.165, 1.54) is 0 Å². The SMILES string of the molecule is COc1ccc(C(=O)N2CCc3c(c(C(=O)NCc4ccc(Cl)cc4)nn3C)C2)cc1. The van der Waals surface area contributed by atoms with Crippen molar-refractivity contribution >= 4 is 23.4 Å². The quantitative estimate of drug-likeness (QED) is 0.663. The zero-order valence-corrected chi connectivity index (χ0v) is 18.1. The van der Waals surface area contributed by atoms with Crippen molar-refractivity contribution in [2.24, 2.45) is 7.05 Å². The maximum atomic E-state index is 13.0. The number of ether oxygens (including phenoxy) is 1. The molecule has 31 heavy (non-hydrogen) atoms. The highest BCUT2D eigenvalue weighted by atomic mass is 35.5. The van der Waals surface area contributed by atoms with E-state index in [1.54, 1.807) is 53.1 Å². The molecule has 2 amide bonds. The lowest BCUT2D eigenvalue weighted by Gasteiger charge is -2.27. The molecule has 0 bridgehead atoms. The van der Waals surface area contributed by atoms with E-state index in [9.17, 15) is 9.59 Å². The van der Waals surface area contributed by atoms with E-state index in [1.807, 2.05) is 19.2 Å². The minimum atomic E-state index is -0.259. The lowest BCUT2D eigenvalue weighted by Crippen LogP contribution is -2.37. The fourth-order valence-electron chi connectivity index (χ4n) is 3.73. The van der Waals surface area contributed by atoms with Gasteiger partial charge in [0, 0.05) is 48.4 Å². The number of carbonyl (C=O) groups is 2. The molecule has 0 spiro atoms. The Hall–Kier alpha value is -3.32. The van der Waals surface area contributed by atoms with Crippen LogP contribution >= 0.6 is 11.6 Å². The van der Waals surface area contributed by atoms with E-state index in [2.05, 4.69) is 10.4 Å². The molecule has 0 radical (unpaired) electrons. The van der Waals surface area contributed by atoms with E-state index in [0.717, 1.165) is 16.8 Å². The molecule has 2 heterocycles. The number of amides is 2. The first-order valence-corrected chi connectivity index (χ1v) is 10.3. The van der Waals surface area contributed by atoms with Crippen molar-refractivity contribution < 1.29 is 14.3 Å². The van der Waals surface area contributed by atoms with E-state index in [4.69, 9.17) is 16.3 Å². The number of carbonyl (C=O) groups excluding carboxylic acids is 2. The number of aromatic nitrogens is 2. The fourth-order valence-corrected chi connectivity index (χ4v) is 3.86. The Kier molecular flexibility index (Phi) is 5.95. The largest absolute Gasteiger partial charge is 0.497 e. The lowest BCUT2D eigenvalue weighted by molar-refractivity contribution is 0.0730. The summed E-state index contributed by atoms with van der Waals surface area (Å²) >= 11 is 5.91. The first-order chi connectivity index (χ1) is 15.0. The van der Waals surface area contributed by atoms with Gasteiger partial charge in [0.2, 0.25) is 0 Å². The summed E-state index contributed by atoms with van der Waals surface area (Å²) in [6.07, 6.45) is 0.644. The molecule has 1 aromatic heterocycles. The average Bonchev–Trinajstić information content (AvgIpc) is 3.14. The highest BCUT2D eigenvalue weighted by Crippen LogP contribution is 2.24. The van der Waals surface area contributed by atoms with Crippen LogP contribution in [0.25, 0.3) is 0 Å². The van der Waals surface area contributed by atoms with Crippen molar-refractivity contribution in [1.82, 2.24) is 20.0 Å². The summed E-state index contributed by atoms with van der Waals surface area (Å²) in [6, 6.07) is 14.3. The first-order valence-electron chi connectivity index (χ1n) is 9.97. The van der Waals surface area contributed by atoms with Gasteiger partial charge in [-0.3, -0.25) is 14.3 Å². The summed E-state index contributed by atoms with van der Waals surface area (Å²) in [7, 11) is 3.42. The van der Waals surface area contributed by atoms with Crippen LogP contribution < -0.4 is 10.1 Å². The Balaban J connectivity index is 1.49. The fraction of sp³-hybridized carbons (Fsp3) is 0.261. The van der Waals surface area contributed by atoms with Crippen LogP contribution in [-0.4, -0.2) is 40.1 Å². The van der Waals surface area contributed by atoms with E-state index >= 15 is 0 Å². The maximum Gasteiger partial charge on any atom is 0.272 e. The van der Waals surface area contributed by atoms with Crippen LogP contribution in [0.3, 0.4) is 0 Å². The Labute approximate surface area is 185 Å². The van der Waals surface area contributed by atoms with Crippen LogP contribution in [-0.2, 0) is 26.6 Å². The number of fused-ring (bicyclic) bond motifs is 1. The molecular formula is C23H23ClN4O3. The van der Waals surface area contributed by atoms with Gasteiger partial charge in [-0.1, -0.05) is 23.7 Å². The third-order valence-corrected chi connectivity index (χ3v) is 5.70. The molecule has 0 fully saturated rings. The maximum absolute atomic E-state index is 13.0. The second kappa shape index (κ2) is 8.81. The number of aryl methyl sites for hydroxylation is 1. The van der Waals surface area contributed by atoms with Gasteiger partial charge in [0.1, 0.15) is 5.75 Å². The number of halogens is 1. The van der Waals surface area contributed by atoms with Gasteiger partial charge in [-0.25, -0.2) is 0 Å². The predicted octanol–water partition coefficient (Wildman–Crippen LogP) is 3.21. The van der Waals surface area contributed by atoms with E-state index < -0.39 is 0 Å². The van der Waals surface area contributed by atoms with Gasteiger partial charge in [0.15, 0.2) is 5.69 Å². The summed E-state index contributed by atoms with van der Waals surface area (Å²) < 4.78 is 6.90. The summed E-state index contributed by atoms with van der Waals surface area (Å²) in [6.45, 7) is 1.29. The smallest absolute Gasteiger partial charge is 0.272 e. The summed E-state index contributed by atoms with van der Waals surface area (Å²) in [5.74, 6) is 0.361. The van der Waals surface area contributed by atoms with Crippen LogP contribution in [0.4, 0.5) is 0 Å². The number of nitrogens with zero attached hydrogens (tertiary/aromatic N) is 3. The Morgan fingerprint density at radius 3 is 2.52 bits per heavy atom. The molecule has 1 N–H and O–H groups in total. The minimum absolute atomic E-state index is 0.0790. The Morgan fingerprint density at radius 1 is 1.13 bits per heavy atom. The minimum Gasteiger partial charge on any atom is -0.497 e. The number of methoxy groups -OCH3 is 1. The zero-order valence-electron chi connectivity index (χ0n) is 17.4. The highest BCUT2D eigenvalue weighted by molar-refractivity contribution is 6.30. The van der Waals surface area contributed by atoms with Crippen molar-refractivity contribution in [1.29, 1.82) is 0 Å². The molecule has 3 aromatic rings. The number of hydrogen-bond acceptors (Lipinski definition) is 4. The third-order valence-electron chi connectivity index (χ3n) is 5.45. The highest BCUT2D eigenvalue weighted by Gasteiger charge is 2.29. The molecule has 0 atom stereocenters. The zero-order chi connectivity index (χ0) is 22.0. The molecule has 2 aromatic carbocycles. The van der Waals surface area contributed by atoms with Crippen LogP contribution in [0.5, 0.6) is 5.75 Å². The number of hydrogen-bond donors (Lipinski definition) is 1. The molecule has 0 aliphatic carbocycles. The van der Waals surface area contributed by atoms with Gasteiger partial charge < -0.3 is 15.0 Å². The van der Waals surface area contributed by atoms with Crippen molar-refractivity contribution in [3.8, 4) is 5.75 Å². The van der Waals surface area contributed by atoms with Crippen molar-refractivity contribution in [3.05, 3.63) is 81.6 Å². The van der Waals surface area contributed by atoms with Crippen LogP contribution in [0.15, 0.2) is 48.5 Å². The molecule has 4 rings (SSSR count). The van der Waals surface area contributed by atoms with E-state index in [0.29, 0.717) is 48.1 Å². The van der Waals surface area contributed by atoms with Crippen molar-refractivity contribution in [2.75, 3.05) is 13.7 Å². The van der Waals surface area contributed by atoms with Crippen molar-refractivity contribution in [2.45, 2.75) is 19.5 Å². The normalized spacial score (nSPS) is 12.9. The van der Waals surface area contributed by atoms with Gasteiger partial charge >= 0.3 is 0 Å². The molecule has 160 valence electrons. The van der Waals surface area contributed by atoms with Gasteiger partial charge in [-0.05, 0) is 42.0 Å². The summed E-state index contributed by atoms with van der Waals surface area (Å²) in [5.41, 5.74) is 3.67. The molecule has 8 heteroatoms. The second-order valence-electron chi connectivity index (χ2n) is 7.41. The molecule has 0 saturated heterocycles. The van der Waals surface area contributed by atoms with Crippen molar-refractivity contribution in [3.63, 3.8) is 0 Å². The van der Waals surface area contributed by atoms with Gasteiger partial charge in [-0.2, -0.15) is 5.10 Å². The molecular weight excluding hydrogens is 416 g/mol. The summed E-state index contributed by atoms with van der Waals surface area (Å²) in [4.78, 5) is 27.6. The second-order valence-corrected chi connectivity index (χ2v) is 7.85. The molecule has 7 nitrogen and oxygen atoms in total. The monoisotopic (exact) mass is 438 g/mol.